The highest BCUT2D eigenvalue weighted by atomic mass is 16.6. The SMILES string of the molecule is CCCCCC/C=C\C/C=C\CCCCCCCC(=O)OC(COC(=O)CCCCCCCC)COC(=O)CCCCCCCCCCCCCCCCCCCC. The van der Waals surface area contributed by atoms with Gasteiger partial charge in [-0.25, -0.2) is 0 Å². The molecule has 0 bridgehead atoms. The molecule has 0 aromatic rings. The Labute approximate surface area is 360 Å². The Morgan fingerprint density at radius 1 is 0.345 bits per heavy atom. The van der Waals surface area contributed by atoms with E-state index in [4.69, 9.17) is 14.2 Å². The fraction of sp³-hybridized carbons (Fsp3) is 0.865. The molecule has 0 amide bonds. The number of rotatable bonds is 46. The van der Waals surface area contributed by atoms with E-state index in [0.29, 0.717) is 19.3 Å². The van der Waals surface area contributed by atoms with E-state index in [1.54, 1.807) is 0 Å². The van der Waals surface area contributed by atoms with Gasteiger partial charge in [0.05, 0.1) is 0 Å². The third kappa shape index (κ3) is 45.0. The zero-order chi connectivity index (χ0) is 42.3. The number of hydrogen-bond acceptors (Lipinski definition) is 6. The topological polar surface area (TPSA) is 78.9 Å². The van der Waals surface area contributed by atoms with Crippen molar-refractivity contribution >= 4 is 17.9 Å². The van der Waals surface area contributed by atoms with Gasteiger partial charge in [0.25, 0.3) is 0 Å². The van der Waals surface area contributed by atoms with Crippen LogP contribution in [0.15, 0.2) is 24.3 Å². The average molecular weight is 817 g/mol. The lowest BCUT2D eigenvalue weighted by Gasteiger charge is -2.18. The summed E-state index contributed by atoms with van der Waals surface area (Å²) in [4.78, 5) is 37.7. The first-order valence-corrected chi connectivity index (χ1v) is 25.3. The van der Waals surface area contributed by atoms with E-state index in [1.807, 2.05) is 0 Å². The molecule has 0 radical (unpaired) electrons. The van der Waals surface area contributed by atoms with Crippen molar-refractivity contribution < 1.29 is 28.6 Å². The molecule has 0 aromatic heterocycles. The molecule has 0 saturated heterocycles. The summed E-state index contributed by atoms with van der Waals surface area (Å²) in [6.07, 6.45) is 53.3. The lowest BCUT2D eigenvalue weighted by Crippen LogP contribution is -2.30. The van der Waals surface area contributed by atoms with Gasteiger partial charge in [-0.3, -0.25) is 14.4 Å². The molecule has 58 heavy (non-hydrogen) atoms. The van der Waals surface area contributed by atoms with Crippen molar-refractivity contribution in [3.63, 3.8) is 0 Å². The Balaban J connectivity index is 4.20. The number of carbonyl (C=O) groups is 3. The van der Waals surface area contributed by atoms with Crippen LogP contribution < -0.4 is 0 Å². The third-order valence-corrected chi connectivity index (χ3v) is 11.2. The quantitative estimate of drug-likeness (QED) is 0.0263. The summed E-state index contributed by atoms with van der Waals surface area (Å²) in [5.41, 5.74) is 0. The van der Waals surface area contributed by atoms with E-state index < -0.39 is 6.10 Å². The van der Waals surface area contributed by atoms with Crippen LogP contribution in [0, 0.1) is 0 Å². The number of ether oxygens (including phenoxy) is 3. The molecular weight excluding hydrogens is 721 g/mol. The molecule has 6 heteroatoms. The largest absolute Gasteiger partial charge is 0.462 e. The summed E-state index contributed by atoms with van der Waals surface area (Å²) < 4.78 is 16.7. The maximum atomic E-state index is 12.7. The Hall–Kier alpha value is -2.11. The maximum absolute atomic E-state index is 12.7. The Morgan fingerprint density at radius 3 is 0.966 bits per heavy atom. The van der Waals surface area contributed by atoms with Gasteiger partial charge in [-0.2, -0.15) is 0 Å². The molecule has 0 aliphatic carbocycles. The first-order chi connectivity index (χ1) is 28.5. The summed E-state index contributed by atoms with van der Waals surface area (Å²) in [5.74, 6) is -0.885. The van der Waals surface area contributed by atoms with Crippen molar-refractivity contribution in [2.24, 2.45) is 0 Å². The number of hydrogen-bond donors (Lipinski definition) is 0. The van der Waals surface area contributed by atoms with E-state index in [0.717, 1.165) is 77.0 Å². The van der Waals surface area contributed by atoms with Crippen molar-refractivity contribution in [1.29, 1.82) is 0 Å². The molecule has 340 valence electrons. The number of unbranched alkanes of at least 4 members (excludes halogenated alkanes) is 31. The van der Waals surface area contributed by atoms with Crippen molar-refractivity contribution in [2.45, 2.75) is 277 Å². The lowest BCUT2D eigenvalue weighted by atomic mass is 10.0. The van der Waals surface area contributed by atoms with Crippen molar-refractivity contribution in [3.8, 4) is 0 Å². The highest BCUT2D eigenvalue weighted by molar-refractivity contribution is 5.71. The van der Waals surface area contributed by atoms with Crippen LogP contribution in [-0.2, 0) is 28.6 Å². The lowest BCUT2D eigenvalue weighted by molar-refractivity contribution is -0.167. The van der Waals surface area contributed by atoms with Gasteiger partial charge in [0.15, 0.2) is 6.10 Å². The molecule has 6 nitrogen and oxygen atoms in total. The first-order valence-electron chi connectivity index (χ1n) is 25.3. The van der Waals surface area contributed by atoms with Crippen LogP contribution in [0.25, 0.3) is 0 Å². The van der Waals surface area contributed by atoms with Gasteiger partial charge in [-0.1, -0.05) is 225 Å². The van der Waals surface area contributed by atoms with Crippen LogP contribution in [0.4, 0.5) is 0 Å². The summed E-state index contributed by atoms with van der Waals surface area (Å²) in [6, 6.07) is 0. The van der Waals surface area contributed by atoms with Gasteiger partial charge in [0.2, 0.25) is 0 Å². The first kappa shape index (κ1) is 55.9. The van der Waals surface area contributed by atoms with E-state index >= 15 is 0 Å². The molecule has 1 atom stereocenters. The summed E-state index contributed by atoms with van der Waals surface area (Å²) in [6.45, 7) is 6.58. The van der Waals surface area contributed by atoms with Crippen LogP contribution in [0.3, 0.4) is 0 Å². The van der Waals surface area contributed by atoms with E-state index in [9.17, 15) is 14.4 Å². The standard InChI is InChI=1S/C52H96O6/c1-4-7-10-13-16-18-20-22-24-26-27-29-30-32-34-36-39-42-45-51(54)57-48-49(47-56-50(53)44-41-38-15-12-9-6-3)58-52(55)46-43-40-37-35-33-31-28-25-23-21-19-17-14-11-8-5-2/h19,21,25,28,49H,4-18,20,22-24,26-27,29-48H2,1-3H3/b21-19-,28-25-. The summed E-state index contributed by atoms with van der Waals surface area (Å²) in [5, 5.41) is 0. The monoisotopic (exact) mass is 817 g/mol. The molecular formula is C52H96O6. The second kappa shape index (κ2) is 47.6. The molecule has 0 aliphatic rings. The highest BCUT2D eigenvalue weighted by Gasteiger charge is 2.19. The molecule has 1 unspecified atom stereocenters. The van der Waals surface area contributed by atoms with E-state index in [2.05, 4.69) is 45.1 Å². The van der Waals surface area contributed by atoms with Gasteiger partial charge in [0, 0.05) is 19.3 Å². The van der Waals surface area contributed by atoms with E-state index in [-0.39, 0.29) is 31.1 Å². The van der Waals surface area contributed by atoms with Crippen LogP contribution in [0.1, 0.15) is 271 Å². The molecule has 0 aromatic carbocycles. The van der Waals surface area contributed by atoms with Gasteiger partial charge in [-0.15, -0.1) is 0 Å². The van der Waals surface area contributed by atoms with Gasteiger partial charge in [0.1, 0.15) is 13.2 Å². The molecule has 0 fully saturated rings. The third-order valence-electron chi connectivity index (χ3n) is 11.2. The minimum Gasteiger partial charge on any atom is -0.462 e. The minimum atomic E-state index is -0.770. The molecule has 0 rings (SSSR count). The molecule has 0 N–H and O–H groups in total. The minimum absolute atomic E-state index is 0.0732. The number of esters is 3. The number of carbonyl (C=O) groups excluding carboxylic acids is 3. The maximum Gasteiger partial charge on any atom is 0.306 e. The molecule has 0 spiro atoms. The molecule has 0 heterocycles. The Morgan fingerprint density at radius 2 is 0.621 bits per heavy atom. The molecule has 0 saturated carbocycles. The highest BCUT2D eigenvalue weighted by Crippen LogP contribution is 2.16. The van der Waals surface area contributed by atoms with Crippen molar-refractivity contribution in [3.05, 3.63) is 24.3 Å². The van der Waals surface area contributed by atoms with Gasteiger partial charge in [-0.05, 0) is 51.4 Å². The summed E-state index contributed by atoms with van der Waals surface area (Å²) >= 11 is 0. The summed E-state index contributed by atoms with van der Waals surface area (Å²) in [7, 11) is 0. The fourth-order valence-electron chi connectivity index (χ4n) is 7.36. The van der Waals surface area contributed by atoms with Crippen LogP contribution in [0.5, 0.6) is 0 Å². The Bertz CT molecular complexity index is 942. The van der Waals surface area contributed by atoms with Crippen molar-refractivity contribution in [1.82, 2.24) is 0 Å². The van der Waals surface area contributed by atoms with Crippen LogP contribution in [0.2, 0.25) is 0 Å². The van der Waals surface area contributed by atoms with Gasteiger partial charge >= 0.3 is 17.9 Å². The zero-order valence-electron chi connectivity index (χ0n) is 38.8. The van der Waals surface area contributed by atoms with Crippen LogP contribution in [-0.4, -0.2) is 37.2 Å². The second-order valence-corrected chi connectivity index (χ2v) is 17.1. The normalized spacial score (nSPS) is 12.1. The van der Waals surface area contributed by atoms with E-state index in [1.165, 1.54) is 154 Å². The smallest absolute Gasteiger partial charge is 0.306 e. The predicted octanol–water partition coefficient (Wildman–Crippen LogP) is 16.4. The Kier molecular flexibility index (Phi) is 45.8. The number of allylic oxidation sites excluding steroid dienone is 4. The fourth-order valence-corrected chi connectivity index (χ4v) is 7.36. The molecule has 0 aliphatic heterocycles. The van der Waals surface area contributed by atoms with Gasteiger partial charge < -0.3 is 14.2 Å². The average Bonchev–Trinajstić information content (AvgIpc) is 3.22. The predicted molar refractivity (Wildman–Crippen MR) is 247 cm³/mol. The van der Waals surface area contributed by atoms with Crippen LogP contribution >= 0.6 is 0 Å². The second-order valence-electron chi connectivity index (χ2n) is 17.1. The zero-order valence-corrected chi connectivity index (χ0v) is 38.8. The van der Waals surface area contributed by atoms with Crippen molar-refractivity contribution in [2.75, 3.05) is 13.2 Å².